The third-order valence-corrected chi connectivity index (χ3v) is 5.52. The molecule has 0 bridgehead atoms. The molecule has 0 amide bonds. The number of nitrogens with zero attached hydrogens (tertiary/aromatic N) is 2. The smallest absolute Gasteiger partial charge is 0.262 e. The highest BCUT2D eigenvalue weighted by Crippen LogP contribution is 2.37. The number of hydrogen-bond donors (Lipinski definition) is 0. The van der Waals surface area contributed by atoms with Gasteiger partial charge in [0, 0.05) is 28.3 Å². The van der Waals surface area contributed by atoms with Crippen LogP contribution in [-0.2, 0) is 11.3 Å². The molecule has 0 fully saturated rings. The quantitative estimate of drug-likeness (QED) is 0.730. The van der Waals surface area contributed by atoms with E-state index in [9.17, 15) is 9.59 Å². The van der Waals surface area contributed by atoms with Crippen LogP contribution in [0.4, 0.5) is 0 Å². The third kappa shape index (κ3) is 2.53. The minimum Gasteiger partial charge on any atom is -0.300 e. The number of Topliss-reactive ketones (excluding diaryl/α,β-unsaturated/α-hetero) is 1. The highest BCUT2D eigenvalue weighted by molar-refractivity contribution is 7.20. The Balaban J connectivity index is 2.26. The van der Waals surface area contributed by atoms with Crippen LogP contribution in [0.2, 0.25) is 0 Å². The molecule has 0 aromatic carbocycles. The molecule has 3 aromatic rings. The summed E-state index contributed by atoms with van der Waals surface area (Å²) in [5.41, 5.74) is 0.945. The molecule has 0 unspecified atom stereocenters. The van der Waals surface area contributed by atoms with Crippen molar-refractivity contribution in [2.24, 2.45) is 0 Å². The van der Waals surface area contributed by atoms with Gasteiger partial charge in [0.25, 0.3) is 5.56 Å². The minimum atomic E-state index is -0.0449. The summed E-state index contributed by atoms with van der Waals surface area (Å²) in [6.45, 7) is 5.77. The van der Waals surface area contributed by atoms with Gasteiger partial charge in [0.05, 0.1) is 5.39 Å². The molecule has 0 aliphatic heterocycles. The maximum Gasteiger partial charge on any atom is 0.262 e. The molecule has 3 heterocycles. The Kier molecular flexibility index (Phi) is 3.97. The first kappa shape index (κ1) is 15.1. The fourth-order valence-electron chi connectivity index (χ4n) is 2.55. The van der Waals surface area contributed by atoms with E-state index in [4.69, 9.17) is 0 Å². The van der Waals surface area contributed by atoms with Crippen molar-refractivity contribution in [2.75, 3.05) is 0 Å². The van der Waals surface area contributed by atoms with Crippen LogP contribution >= 0.6 is 22.7 Å². The molecule has 3 aromatic heterocycles. The van der Waals surface area contributed by atoms with Gasteiger partial charge >= 0.3 is 0 Å². The van der Waals surface area contributed by atoms with E-state index in [2.05, 4.69) is 4.98 Å². The molecule has 0 N–H and O–H groups in total. The number of ketones is 1. The molecular formula is C16H16N2O2S2. The summed E-state index contributed by atoms with van der Waals surface area (Å²) in [7, 11) is 0. The van der Waals surface area contributed by atoms with Gasteiger partial charge in [-0.3, -0.25) is 14.2 Å². The SMILES string of the molecule is CC(=O)CCn1c(C)nc2sc(C)c(-c3cccs3)c2c1=O. The minimum absolute atomic E-state index is 0.0449. The van der Waals surface area contributed by atoms with Crippen LogP contribution < -0.4 is 5.56 Å². The van der Waals surface area contributed by atoms with Crippen molar-refractivity contribution < 1.29 is 4.79 Å². The van der Waals surface area contributed by atoms with Crippen LogP contribution in [0.15, 0.2) is 22.3 Å². The molecule has 0 spiro atoms. The highest BCUT2D eigenvalue weighted by Gasteiger charge is 2.19. The molecular weight excluding hydrogens is 316 g/mol. The van der Waals surface area contributed by atoms with E-state index < -0.39 is 0 Å². The van der Waals surface area contributed by atoms with Crippen LogP contribution in [0.25, 0.3) is 20.7 Å². The first-order valence-corrected chi connectivity index (χ1v) is 8.72. The Bertz CT molecular complexity index is 905. The van der Waals surface area contributed by atoms with Crippen molar-refractivity contribution in [2.45, 2.75) is 33.7 Å². The van der Waals surface area contributed by atoms with E-state index in [0.717, 1.165) is 20.1 Å². The zero-order valence-corrected chi connectivity index (χ0v) is 14.3. The lowest BCUT2D eigenvalue weighted by Crippen LogP contribution is -2.24. The summed E-state index contributed by atoms with van der Waals surface area (Å²) in [6, 6.07) is 4.01. The van der Waals surface area contributed by atoms with Crippen molar-refractivity contribution in [1.29, 1.82) is 0 Å². The topological polar surface area (TPSA) is 52.0 Å². The lowest BCUT2D eigenvalue weighted by atomic mass is 10.1. The molecule has 0 atom stereocenters. The Morgan fingerprint density at radius 2 is 2.14 bits per heavy atom. The van der Waals surface area contributed by atoms with E-state index in [0.29, 0.717) is 24.2 Å². The number of carbonyl (C=O) groups is 1. The molecule has 6 heteroatoms. The summed E-state index contributed by atoms with van der Waals surface area (Å²) in [6.07, 6.45) is 0.353. The van der Waals surface area contributed by atoms with Gasteiger partial charge in [-0.2, -0.15) is 0 Å². The summed E-state index contributed by atoms with van der Waals surface area (Å²) in [4.78, 5) is 31.7. The maximum atomic E-state index is 12.9. The van der Waals surface area contributed by atoms with Gasteiger partial charge in [0.1, 0.15) is 16.4 Å². The van der Waals surface area contributed by atoms with Gasteiger partial charge in [-0.05, 0) is 32.2 Å². The second-order valence-corrected chi connectivity index (χ2v) is 7.41. The molecule has 114 valence electrons. The van der Waals surface area contributed by atoms with E-state index in [1.54, 1.807) is 27.2 Å². The Labute approximate surface area is 136 Å². The Hall–Kier alpha value is -1.79. The largest absolute Gasteiger partial charge is 0.300 e. The molecule has 0 aliphatic rings. The third-order valence-electron chi connectivity index (χ3n) is 3.63. The molecule has 22 heavy (non-hydrogen) atoms. The first-order chi connectivity index (χ1) is 10.5. The number of aromatic nitrogens is 2. The van der Waals surface area contributed by atoms with Crippen LogP contribution in [0, 0.1) is 13.8 Å². The zero-order chi connectivity index (χ0) is 15.9. The predicted molar refractivity (Wildman–Crippen MR) is 92.0 cm³/mol. The molecule has 0 aliphatic carbocycles. The second-order valence-electron chi connectivity index (χ2n) is 5.26. The lowest BCUT2D eigenvalue weighted by molar-refractivity contribution is -0.117. The van der Waals surface area contributed by atoms with Crippen molar-refractivity contribution in [1.82, 2.24) is 9.55 Å². The zero-order valence-electron chi connectivity index (χ0n) is 12.7. The molecule has 0 radical (unpaired) electrons. The normalized spacial score (nSPS) is 11.2. The number of fused-ring (bicyclic) bond motifs is 1. The van der Waals surface area contributed by atoms with E-state index in [1.807, 2.05) is 31.4 Å². The monoisotopic (exact) mass is 332 g/mol. The Morgan fingerprint density at radius 3 is 2.77 bits per heavy atom. The molecule has 4 nitrogen and oxygen atoms in total. The van der Waals surface area contributed by atoms with Crippen molar-refractivity contribution in [3.63, 3.8) is 0 Å². The number of carbonyl (C=O) groups excluding carboxylic acids is 1. The van der Waals surface area contributed by atoms with Crippen LogP contribution in [-0.4, -0.2) is 15.3 Å². The molecule has 3 rings (SSSR count). The molecule has 0 saturated heterocycles. The average Bonchev–Trinajstić information content (AvgIpc) is 3.04. The van der Waals surface area contributed by atoms with Crippen molar-refractivity contribution >= 4 is 38.7 Å². The van der Waals surface area contributed by atoms with E-state index in [1.165, 1.54) is 6.92 Å². The number of thiophene rings is 2. The lowest BCUT2D eigenvalue weighted by Gasteiger charge is -2.08. The maximum absolute atomic E-state index is 12.9. The van der Waals surface area contributed by atoms with Gasteiger partial charge in [0.15, 0.2) is 0 Å². The van der Waals surface area contributed by atoms with E-state index >= 15 is 0 Å². The fourth-order valence-corrected chi connectivity index (χ4v) is 4.52. The summed E-state index contributed by atoms with van der Waals surface area (Å²) >= 11 is 3.18. The van der Waals surface area contributed by atoms with Crippen molar-refractivity contribution in [3.05, 3.63) is 38.6 Å². The number of rotatable bonds is 4. The average molecular weight is 332 g/mol. The van der Waals surface area contributed by atoms with Gasteiger partial charge in [-0.15, -0.1) is 22.7 Å². The van der Waals surface area contributed by atoms with Gasteiger partial charge in [-0.1, -0.05) is 6.07 Å². The standard InChI is InChI=1S/C16H16N2O2S2/c1-9(19)6-7-18-11(3)17-15-14(16(18)20)13(10(2)22-15)12-5-4-8-21-12/h4-5,8H,6-7H2,1-3H3. The predicted octanol–water partition coefficient (Wildman–Crippen LogP) is 3.78. The number of aryl methyl sites for hydroxylation is 2. The summed E-state index contributed by atoms with van der Waals surface area (Å²) < 4.78 is 1.62. The summed E-state index contributed by atoms with van der Waals surface area (Å²) in [5, 5.41) is 2.69. The van der Waals surface area contributed by atoms with Gasteiger partial charge in [-0.25, -0.2) is 4.98 Å². The fraction of sp³-hybridized carbons (Fsp3) is 0.312. The second kappa shape index (κ2) is 5.78. The van der Waals surface area contributed by atoms with Crippen molar-refractivity contribution in [3.8, 4) is 10.4 Å². The summed E-state index contributed by atoms with van der Waals surface area (Å²) in [5.74, 6) is 0.740. The van der Waals surface area contributed by atoms with Crippen LogP contribution in [0.5, 0.6) is 0 Å². The number of hydrogen-bond acceptors (Lipinski definition) is 5. The van der Waals surface area contributed by atoms with E-state index in [-0.39, 0.29) is 11.3 Å². The Morgan fingerprint density at radius 1 is 1.36 bits per heavy atom. The van der Waals surface area contributed by atoms with Crippen LogP contribution in [0.1, 0.15) is 24.0 Å². The highest BCUT2D eigenvalue weighted by atomic mass is 32.1. The van der Waals surface area contributed by atoms with Gasteiger partial charge < -0.3 is 0 Å². The van der Waals surface area contributed by atoms with Gasteiger partial charge in [0.2, 0.25) is 0 Å². The first-order valence-electron chi connectivity index (χ1n) is 7.03. The van der Waals surface area contributed by atoms with Crippen LogP contribution in [0.3, 0.4) is 0 Å². The molecule has 0 saturated carbocycles.